The van der Waals surface area contributed by atoms with Gasteiger partial charge in [0.15, 0.2) is 0 Å². The molecule has 4 nitrogen and oxygen atoms in total. The molecule has 1 aromatic heterocycles. The molecule has 18 heavy (non-hydrogen) atoms. The molecule has 1 aromatic carbocycles. The van der Waals surface area contributed by atoms with Crippen molar-refractivity contribution in [2.75, 3.05) is 13.1 Å². The lowest BCUT2D eigenvalue weighted by Crippen LogP contribution is -2.43. The van der Waals surface area contributed by atoms with Gasteiger partial charge in [-0.15, -0.1) is 10.2 Å². The van der Waals surface area contributed by atoms with Crippen molar-refractivity contribution in [2.45, 2.75) is 13.0 Å². The van der Waals surface area contributed by atoms with E-state index in [4.69, 9.17) is 0 Å². The molecule has 1 aliphatic rings. The third kappa shape index (κ3) is 2.41. The van der Waals surface area contributed by atoms with E-state index in [1.807, 2.05) is 4.57 Å². The first-order valence-corrected chi connectivity index (χ1v) is 6.13. The fourth-order valence-electron chi connectivity index (χ4n) is 2.11. The van der Waals surface area contributed by atoms with E-state index in [-0.39, 0.29) is 5.82 Å². The predicted molar refractivity (Wildman–Crippen MR) is 65.6 cm³/mol. The molecule has 1 fully saturated rings. The minimum absolute atomic E-state index is 0.205. The highest BCUT2D eigenvalue weighted by Gasteiger charge is 2.19. The molecular weight excluding hydrogens is 231 g/mol. The Kier molecular flexibility index (Phi) is 3.06. The fourth-order valence-corrected chi connectivity index (χ4v) is 2.11. The van der Waals surface area contributed by atoms with Crippen molar-refractivity contribution in [1.82, 2.24) is 20.1 Å². The van der Waals surface area contributed by atoms with E-state index >= 15 is 0 Å². The summed E-state index contributed by atoms with van der Waals surface area (Å²) in [6, 6.07) is 6.55. The van der Waals surface area contributed by atoms with E-state index in [9.17, 15) is 4.39 Å². The number of nitrogens with zero attached hydrogens (tertiary/aromatic N) is 3. The lowest BCUT2D eigenvalue weighted by molar-refractivity contribution is 0.337. The number of hydrogen-bond acceptors (Lipinski definition) is 3. The Morgan fingerprint density at radius 1 is 1.28 bits per heavy atom. The molecule has 1 saturated heterocycles. The molecule has 94 valence electrons. The van der Waals surface area contributed by atoms with Crippen LogP contribution < -0.4 is 5.32 Å². The van der Waals surface area contributed by atoms with Crippen LogP contribution in [0.1, 0.15) is 11.4 Å². The minimum atomic E-state index is -0.205. The summed E-state index contributed by atoms with van der Waals surface area (Å²) >= 11 is 0. The van der Waals surface area contributed by atoms with E-state index < -0.39 is 0 Å². The first-order chi connectivity index (χ1) is 8.81. The second-order valence-corrected chi connectivity index (χ2v) is 4.73. The quantitative estimate of drug-likeness (QED) is 0.882. The van der Waals surface area contributed by atoms with Crippen LogP contribution >= 0.6 is 0 Å². The lowest BCUT2D eigenvalue weighted by Gasteiger charge is -2.26. The number of nitrogens with one attached hydrogen (secondary N) is 1. The average molecular weight is 246 g/mol. The van der Waals surface area contributed by atoms with Crippen LogP contribution in [-0.4, -0.2) is 27.9 Å². The highest BCUT2D eigenvalue weighted by Crippen LogP contribution is 2.12. The van der Waals surface area contributed by atoms with Gasteiger partial charge in [0.2, 0.25) is 0 Å². The molecule has 1 N–H and O–H groups in total. The Morgan fingerprint density at radius 2 is 2.06 bits per heavy atom. The van der Waals surface area contributed by atoms with E-state index in [0.29, 0.717) is 12.5 Å². The molecule has 2 aromatic rings. The summed E-state index contributed by atoms with van der Waals surface area (Å²) in [4.78, 5) is 0. The molecule has 5 heteroatoms. The summed E-state index contributed by atoms with van der Waals surface area (Å²) < 4.78 is 14.9. The SMILES string of the molecule is Fc1ccc(Cn2cnnc2CC2CNC2)cc1. The zero-order valence-electron chi connectivity index (χ0n) is 10.0. The third-order valence-corrected chi connectivity index (χ3v) is 3.30. The molecule has 0 radical (unpaired) electrons. The van der Waals surface area contributed by atoms with Crippen LogP contribution in [0.25, 0.3) is 0 Å². The van der Waals surface area contributed by atoms with Crippen molar-refractivity contribution in [2.24, 2.45) is 5.92 Å². The molecule has 0 saturated carbocycles. The Labute approximate surface area is 105 Å². The molecule has 0 aliphatic carbocycles. The normalized spacial score (nSPS) is 15.6. The van der Waals surface area contributed by atoms with Gasteiger partial charge in [0.1, 0.15) is 18.0 Å². The first-order valence-electron chi connectivity index (χ1n) is 6.13. The Morgan fingerprint density at radius 3 is 2.72 bits per heavy atom. The molecule has 0 amide bonds. The summed E-state index contributed by atoms with van der Waals surface area (Å²) in [5, 5.41) is 11.4. The van der Waals surface area contributed by atoms with Crippen LogP contribution in [0.2, 0.25) is 0 Å². The second-order valence-electron chi connectivity index (χ2n) is 4.73. The first kappa shape index (κ1) is 11.3. The smallest absolute Gasteiger partial charge is 0.133 e. The predicted octanol–water partition coefficient (Wildman–Crippen LogP) is 1.23. The molecule has 2 heterocycles. The van der Waals surface area contributed by atoms with Crippen LogP contribution in [-0.2, 0) is 13.0 Å². The van der Waals surface area contributed by atoms with Gasteiger partial charge in [-0.3, -0.25) is 0 Å². The van der Waals surface area contributed by atoms with Gasteiger partial charge in [0, 0.05) is 6.42 Å². The summed E-state index contributed by atoms with van der Waals surface area (Å²) in [5.41, 5.74) is 1.06. The van der Waals surface area contributed by atoms with E-state index in [1.54, 1.807) is 18.5 Å². The maximum atomic E-state index is 12.8. The molecular formula is C13H15FN4. The molecule has 0 bridgehead atoms. The zero-order valence-corrected chi connectivity index (χ0v) is 10.0. The average Bonchev–Trinajstić information content (AvgIpc) is 2.74. The number of aromatic nitrogens is 3. The highest BCUT2D eigenvalue weighted by molar-refractivity contribution is 5.16. The number of hydrogen-bond donors (Lipinski definition) is 1. The topological polar surface area (TPSA) is 42.7 Å². The maximum absolute atomic E-state index is 12.8. The monoisotopic (exact) mass is 246 g/mol. The van der Waals surface area contributed by atoms with Gasteiger partial charge in [-0.2, -0.15) is 0 Å². The van der Waals surface area contributed by atoms with E-state index in [2.05, 4.69) is 15.5 Å². The van der Waals surface area contributed by atoms with Crippen molar-refractivity contribution in [3.63, 3.8) is 0 Å². The highest BCUT2D eigenvalue weighted by atomic mass is 19.1. The molecule has 0 spiro atoms. The molecule has 0 atom stereocenters. The van der Waals surface area contributed by atoms with Gasteiger partial charge in [0.05, 0.1) is 6.54 Å². The lowest BCUT2D eigenvalue weighted by atomic mass is 9.99. The number of benzene rings is 1. The van der Waals surface area contributed by atoms with Crippen molar-refractivity contribution in [3.8, 4) is 0 Å². The maximum Gasteiger partial charge on any atom is 0.133 e. The fraction of sp³-hybridized carbons (Fsp3) is 0.385. The number of rotatable bonds is 4. The van der Waals surface area contributed by atoms with Gasteiger partial charge >= 0.3 is 0 Å². The van der Waals surface area contributed by atoms with Crippen molar-refractivity contribution >= 4 is 0 Å². The van der Waals surface area contributed by atoms with Crippen molar-refractivity contribution < 1.29 is 4.39 Å². The minimum Gasteiger partial charge on any atom is -0.316 e. The standard InChI is InChI=1S/C13H15FN4/c14-12-3-1-10(2-4-12)8-18-9-16-17-13(18)5-11-6-15-7-11/h1-4,9,11,15H,5-8H2. The van der Waals surface area contributed by atoms with Crippen molar-refractivity contribution in [1.29, 1.82) is 0 Å². The van der Waals surface area contributed by atoms with E-state index in [0.717, 1.165) is 30.9 Å². The van der Waals surface area contributed by atoms with Gasteiger partial charge in [0.25, 0.3) is 0 Å². The summed E-state index contributed by atoms with van der Waals surface area (Å²) in [6.45, 7) is 2.82. The Bertz CT molecular complexity index is 516. The van der Waals surface area contributed by atoms with Crippen LogP contribution in [0, 0.1) is 11.7 Å². The van der Waals surface area contributed by atoms with Crippen molar-refractivity contribution in [3.05, 3.63) is 47.8 Å². The Balaban J connectivity index is 1.71. The van der Waals surface area contributed by atoms with Crippen LogP contribution in [0.4, 0.5) is 4.39 Å². The van der Waals surface area contributed by atoms with Gasteiger partial charge in [-0.25, -0.2) is 4.39 Å². The molecule has 3 rings (SSSR count). The Hall–Kier alpha value is -1.75. The van der Waals surface area contributed by atoms with E-state index in [1.165, 1.54) is 12.1 Å². The molecule has 0 unspecified atom stereocenters. The van der Waals surface area contributed by atoms with Gasteiger partial charge in [-0.1, -0.05) is 12.1 Å². The number of halogens is 1. The second kappa shape index (κ2) is 4.86. The van der Waals surface area contributed by atoms with Gasteiger partial charge < -0.3 is 9.88 Å². The largest absolute Gasteiger partial charge is 0.316 e. The third-order valence-electron chi connectivity index (χ3n) is 3.30. The zero-order chi connectivity index (χ0) is 12.4. The van der Waals surface area contributed by atoms with Crippen LogP contribution in [0.3, 0.4) is 0 Å². The molecule has 1 aliphatic heterocycles. The summed E-state index contributed by atoms with van der Waals surface area (Å²) in [5.74, 6) is 1.47. The van der Waals surface area contributed by atoms with Crippen LogP contribution in [0.15, 0.2) is 30.6 Å². The van der Waals surface area contributed by atoms with Crippen LogP contribution in [0.5, 0.6) is 0 Å². The van der Waals surface area contributed by atoms with Gasteiger partial charge in [-0.05, 0) is 36.7 Å². The summed E-state index contributed by atoms with van der Waals surface area (Å²) in [6.07, 6.45) is 2.69. The summed E-state index contributed by atoms with van der Waals surface area (Å²) in [7, 11) is 0.